The molecular formula is C15H23N3O. The van der Waals surface area contributed by atoms with Crippen molar-refractivity contribution in [3.63, 3.8) is 0 Å². The van der Waals surface area contributed by atoms with Crippen molar-refractivity contribution >= 4 is 5.91 Å². The van der Waals surface area contributed by atoms with Gasteiger partial charge < -0.3 is 4.90 Å². The predicted octanol–water partition coefficient (Wildman–Crippen LogP) is 1.31. The molecule has 1 amide bonds. The van der Waals surface area contributed by atoms with Crippen LogP contribution in [0.1, 0.15) is 24.5 Å². The van der Waals surface area contributed by atoms with Crippen molar-refractivity contribution in [2.45, 2.75) is 26.3 Å². The molecule has 0 aliphatic heterocycles. The van der Waals surface area contributed by atoms with E-state index in [1.807, 2.05) is 12.1 Å². The second kappa shape index (κ2) is 6.17. The Kier molecular flexibility index (Phi) is 4.56. The Bertz CT molecular complexity index is 430. The van der Waals surface area contributed by atoms with E-state index in [-0.39, 0.29) is 5.91 Å². The van der Waals surface area contributed by atoms with Crippen molar-refractivity contribution in [1.29, 1.82) is 0 Å². The van der Waals surface area contributed by atoms with Crippen molar-refractivity contribution in [2.75, 3.05) is 13.6 Å². The first-order chi connectivity index (χ1) is 9.08. The zero-order valence-corrected chi connectivity index (χ0v) is 11.7. The summed E-state index contributed by atoms with van der Waals surface area (Å²) in [6.07, 6.45) is 1.71. The van der Waals surface area contributed by atoms with Crippen LogP contribution in [0.3, 0.4) is 0 Å². The fourth-order valence-electron chi connectivity index (χ4n) is 2.43. The summed E-state index contributed by atoms with van der Waals surface area (Å²) >= 11 is 0. The molecule has 2 unspecified atom stereocenters. The summed E-state index contributed by atoms with van der Waals surface area (Å²) in [5.74, 6) is 6.70. The minimum atomic E-state index is -0.160. The number of hydrogen-bond acceptors (Lipinski definition) is 3. The first kappa shape index (κ1) is 14.0. The average molecular weight is 261 g/mol. The van der Waals surface area contributed by atoms with Gasteiger partial charge in [0.05, 0.1) is 6.42 Å². The Morgan fingerprint density at radius 1 is 1.37 bits per heavy atom. The Balaban J connectivity index is 1.82. The van der Waals surface area contributed by atoms with Crippen molar-refractivity contribution in [3.8, 4) is 0 Å². The highest BCUT2D eigenvalue weighted by Crippen LogP contribution is 2.38. The van der Waals surface area contributed by atoms with E-state index in [0.717, 1.165) is 23.9 Å². The van der Waals surface area contributed by atoms with E-state index >= 15 is 0 Å². The van der Waals surface area contributed by atoms with Gasteiger partial charge in [0, 0.05) is 13.1 Å². The maximum atomic E-state index is 11.2. The Labute approximate surface area is 114 Å². The quantitative estimate of drug-likeness (QED) is 0.461. The molecule has 1 fully saturated rings. The number of benzene rings is 1. The SMILES string of the molecule is CC1CC1CN(C)Cc1ccc(CC(=O)NN)cc1. The van der Waals surface area contributed by atoms with E-state index in [0.29, 0.717) is 6.42 Å². The summed E-state index contributed by atoms with van der Waals surface area (Å²) < 4.78 is 0. The number of rotatable bonds is 6. The number of carbonyl (C=O) groups is 1. The van der Waals surface area contributed by atoms with Crippen molar-refractivity contribution in [1.82, 2.24) is 10.3 Å². The van der Waals surface area contributed by atoms with Gasteiger partial charge in [0.1, 0.15) is 0 Å². The lowest BCUT2D eigenvalue weighted by molar-refractivity contribution is -0.120. The topological polar surface area (TPSA) is 58.4 Å². The Hall–Kier alpha value is -1.39. The lowest BCUT2D eigenvalue weighted by Gasteiger charge is -2.16. The molecule has 0 heterocycles. The van der Waals surface area contributed by atoms with Crippen LogP contribution in [0.15, 0.2) is 24.3 Å². The van der Waals surface area contributed by atoms with Gasteiger partial charge in [-0.2, -0.15) is 0 Å². The predicted molar refractivity (Wildman–Crippen MR) is 76.1 cm³/mol. The third kappa shape index (κ3) is 4.33. The summed E-state index contributed by atoms with van der Waals surface area (Å²) in [5.41, 5.74) is 4.42. The molecule has 1 aliphatic rings. The van der Waals surface area contributed by atoms with Gasteiger partial charge in [-0.3, -0.25) is 10.2 Å². The normalized spacial score (nSPS) is 21.5. The number of hydrogen-bond donors (Lipinski definition) is 2. The molecule has 0 bridgehead atoms. The van der Waals surface area contributed by atoms with Crippen molar-refractivity contribution in [2.24, 2.45) is 17.7 Å². The van der Waals surface area contributed by atoms with Gasteiger partial charge in [-0.1, -0.05) is 31.2 Å². The summed E-state index contributed by atoms with van der Waals surface area (Å²) in [5, 5.41) is 0. The minimum absolute atomic E-state index is 0.160. The molecule has 1 aliphatic carbocycles. The molecule has 104 valence electrons. The molecule has 4 nitrogen and oxygen atoms in total. The highest BCUT2D eigenvalue weighted by Gasteiger charge is 2.32. The van der Waals surface area contributed by atoms with Crippen LogP contribution in [-0.4, -0.2) is 24.4 Å². The highest BCUT2D eigenvalue weighted by molar-refractivity contribution is 5.77. The van der Waals surface area contributed by atoms with Crippen LogP contribution in [0.4, 0.5) is 0 Å². The monoisotopic (exact) mass is 261 g/mol. The second-order valence-electron chi connectivity index (χ2n) is 5.73. The van der Waals surface area contributed by atoms with Gasteiger partial charge in [-0.05, 0) is 36.4 Å². The number of carbonyl (C=O) groups excluding carboxylic acids is 1. The van der Waals surface area contributed by atoms with E-state index in [4.69, 9.17) is 5.84 Å². The Morgan fingerprint density at radius 2 is 1.95 bits per heavy atom. The zero-order valence-electron chi connectivity index (χ0n) is 11.7. The first-order valence-electron chi connectivity index (χ1n) is 6.84. The zero-order chi connectivity index (χ0) is 13.8. The fourth-order valence-corrected chi connectivity index (χ4v) is 2.43. The van der Waals surface area contributed by atoms with E-state index in [1.54, 1.807) is 0 Å². The van der Waals surface area contributed by atoms with Gasteiger partial charge >= 0.3 is 0 Å². The van der Waals surface area contributed by atoms with Crippen molar-refractivity contribution < 1.29 is 4.79 Å². The minimum Gasteiger partial charge on any atom is -0.302 e. The number of hydrazine groups is 1. The van der Waals surface area contributed by atoms with Crippen LogP contribution in [0.25, 0.3) is 0 Å². The lowest BCUT2D eigenvalue weighted by Crippen LogP contribution is -2.31. The van der Waals surface area contributed by atoms with Gasteiger partial charge in [0.2, 0.25) is 5.91 Å². The molecule has 2 rings (SSSR count). The first-order valence-corrected chi connectivity index (χ1v) is 6.84. The molecule has 2 atom stereocenters. The molecule has 4 heteroatoms. The number of nitrogens with zero attached hydrogens (tertiary/aromatic N) is 1. The van der Waals surface area contributed by atoms with Crippen LogP contribution < -0.4 is 11.3 Å². The lowest BCUT2D eigenvalue weighted by atomic mass is 10.1. The summed E-state index contributed by atoms with van der Waals surface area (Å²) in [4.78, 5) is 13.5. The fraction of sp³-hybridized carbons (Fsp3) is 0.533. The summed E-state index contributed by atoms with van der Waals surface area (Å²) in [6, 6.07) is 8.17. The third-order valence-corrected chi connectivity index (χ3v) is 3.82. The number of amides is 1. The molecule has 19 heavy (non-hydrogen) atoms. The largest absolute Gasteiger partial charge is 0.302 e. The highest BCUT2D eigenvalue weighted by atomic mass is 16.2. The smallest absolute Gasteiger partial charge is 0.238 e. The molecule has 3 N–H and O–H groups in total. The van der Waals surface area contributed by atoms with Crippen LogP contribution in [0.5, 0.6) is 0 Å². The van der Waals surface area contributed by atoms with Gasteiger partial charge in [-0.15, -0.1) is 0 Å². The van der Waals surface area contributed by atoms with E-state index in [9.17, 15) is 4.79 Å². The van der Waals surface area contributed by atoms with E-state index in [1.165, 1.54) is 18.5 Å². The third-order valence-electron chi connectivity index (χ3n) is 3.82. The summed E-state index contributed by atoms with van der Waals surface area (Å²) in [6.45, 7) is 4.46. The van der Waals surface area contributed by atoms with Gasteiger partial charge in [-0.25, -0.2) is 5.84 Å². The molecule has 0 spiro atoms. The number of nitrogens with two attached hydrogens (primary N) is 1. The maximum Gasteiger partial charge on any atom is 0.238 e. The molecule has 0 radical (unpaired) electrons. The Morgan fingerprint density at radius 3 is 2.47 bits per heavy atom. The van der Waals surface area contributed by atoms with E-state index < -0.39 is 0 Å². The van der Waals surface area contributed by atoms with Crippen LogP contribution in [0.2, 0.25) is 0 Å². The van der Waals surface area contributed by atoms with Crippen molar-refractivity contribution in [3.05, 3.63) is 35.4 Å². The van der Waals surface area contributed by atoms with Gasteiger partial charge in [0.15, 0.2) is 0 Å². The molecular weight excluding hydrogens is 238 g/mol. The molecule has 1 saturated carbocycles. The molecule has 0 saturated heterocycles. The molecule has 1 aromatic carbocycles. The van der Waals surface area contributed by atoms with Crippen LogP contribution in [0, 0.1) is 11.8 Å². The van der Waals surface area contributed by atoms with Gasteiger partial charge in [0.25, 0.3) is 0 Å². The maximum absolute atomic E-state index is 11.2. The molecule has 1 aromatic rings. The average Bonchev–Trinajstić information content (AvgIpc) is 3.07. The van der Waals surface area contributed by atoms with Crippen LogP contribution in [-0.2, 0) is 17.8 Å². The standard InChI is InChI=1S/C15H23N3O/c1-11-7-14(11)10-18(2)9-13-5-3-12(4-6-13)8-15(19)17-16/h3-6,11,14H,7-10,16H2,1-2H3,(H,17,19). The van der Waals surface area contributed by atoms with E-state index in [2.05, 4.69) is 36.4 Å². The molecule has 0 aromatic heterocycles. The number of nitrogens with one attached hydrogen (secondary N) is 1. The second-order valence-corrected chi connectivity index (χ2v) is 5.73. The summed E-state index contributed by atoms with van der Waals surface area (Å²) in [7, 11) is 2.17. The van der Waals surface area contributed by atoms with Crippen LogP contribution >= 0.6 is 0 Å².